The van der Waals surface area contributed by atoms with Crippen molar-refractivity contribution in [3.63, 3.8) is 0 Å². The summed E-state index contributed by atoms with van der Waals surface area (Å²) in [5.41, 5.74) is 1.24. The van der Waals surface area contributed by atoms with Gasteiger partial charge in [-0.15, -0.1) is 0 Å². The van der Waals surface area contributed by atoms with Crippen molar-refractivity contribution in [2.24, 2.45) is 5.92 Å². The largest absolute Gasteiger partial charge is 0.497 e. The molecule has 0 saturated carbocycles. The fraction of sp³-hybridized carbons (Fsp3) is 0.600. The van der Waals surface area contributed by atoms with Crippen molar-refractivity contribution in [2.45, 2.75) is 52.0 Å². The minimum absolute atomic E-state index is 0.0762. The molecule has 1 saturated heterocycles. The Kier molecular flexibility index (Phi) is 7.29. The predicted molar refractivity (Wildman–Crippen MR) is 98.5 cm³/mol. The lowest BCUT2D eigenvalue weighted by Crippen LogP contribution is -2.47. The van der Waals surface area contributed by atoms with Gasteiger partial charge in [0.05, 0.1) is 13.0 Å². The molecule has 2 amide bonds. The van der Waals surface area contributed by atoms with E-state index in [1.54, 1.807) is 7.11 Å². The molecular formula is C20H30N2O3. The Morgan fingerprint density at radius 3 is 2.68 bits per heavy atom. The van der Waals surface area contributed by atoms with Gasteiger partial charge in [0.2, 0.25) is 11.8 Å². The number of aryl methyl sites for hydroxylation is 1. The lowest BCUT2D eigenvalue weighted by atomic mass is 9.96. The van der Waals surface area contributed by atoms with Crippen molar-refractivity contribution in [2.75, 3.05) is 20.2 Å². The fourth-order valence-corrected chi connectivity index (χ4v) is 3.25. The van der Waals surface area contributed by atoms with Crippen LogP contribution in [0.15, 0.2) is 24.3 Å². The summed E-state index contributed by atoms with van der Waals surface area (Å²) >= 11 is 0. The Hall–Kier alpha value is -2.04. The van der Waals surface area contributed by atoms with Gasteiger partial charge in [-0.2, -0.15) is 0 Å². The Labute approximate surface area is 150 Å². The van der Waals surface area contributed by atoms with Crippen LogP contribution in [0.5, 0.6) is 5.75 Å². The van der Waals surface area contributed by atoms with Crippen LogP contribution in [0.4, 0.5) is 0 Å². The normalized spacial score (nSPS) is 18.5. The summed E-state index contributed by atoms with van der Waals surface area (Å²) in [6, 6.07) is 8.15. The third-order valence-electron chi connectivity index (χ3n) is 4.86. The lowest BCUT2D eigenvalue weighted by Gasteiger charge is -2.32. The van der Waals surface area contributed by atoms with Crippen LogP contribution in [0, 0.1) is 5.92 Å². The van der Waals surface area contributed by atoms with Crippen molar-refractivity contribution >= 4 is 11.8 Å². The molecule has 25 heavy (non-hydrogen) atoms. The third-order valence-corrected chi connectivity index (χ3v) is 4.86. The quantitative estimate of drug-likeness (QED) is 0.826. The van der Waals surface area contributed by atoms with Crippen molar-refractivity contribution in [3.05, 3.63) is 29.8 Å². The maximum atomic E-state index is 12.5. The number of carbonyl (C=O) groups excluding carboxylic acids is 2. The molecule has 1 N–H and O–H groups in total. The highest BCUT2D eigenvalue weighted by Crippen LogP contribution is 2.18. The Morgan fingerprint density at radius 2 is 2.04 bits per heavy atom. The molecule has 5 nitrogen and oxygen atoms in total. The van der Waals surface area contributed by atoms with Crippen LogP contribution in [0.1, 0.15) is 45.1 Å². The summed E-state index contributed by atoms with van der Waals surface area (Å²) in [6.07, 6.45) is 4.08. The molecule has 1 aliphatic heterocycles. The molecule has 1 fully saturated rings. The molecule has 0 radical (unpaired) electrons. The van der Waals surface area contributed by atoms with Crippen LogP contribution < -0.4 is 10.1 Å². The standard InChI is InChI=1S/C20H30N2O3/c1-4-19(23)22-13-5-6-17(14-22)20(24)21-15(2)7-8-16-9-11-18(25-3)12-10-16/h9-12,15,17H,4-8,13-14H2,1-3H3,(H,21,24)/t15-,17-/m0/s1. The zero-order valence-electron chi connectivity index (χ0n) is 15.6. The number of hydrogen-bond acceptors (Lipinski definition) is 3. The SMILES string of the molecule is CCC(=O)N1CCC[C@H](C(=O)N[C@@H](C)CCc2ccc(OC)cc2)C1. The van der Waals surface area contributed by atoms with Crippen molar-refractivity contribution in [1.82, 2.24) is 10.2 Å². The molecule has 1 aromatic carbocycles. The molecule has 5 heteroatoms. The van der Waals surface area contributed by atoms with E-state index in [1.165, 1.54) is 5.56 Å². The van der Waals surface area contributed by atoms with E-state index in [2.05, 4.69) is 17.4 Å². The molecule has 0 unspecified atom stereocenters. The summed E-state index contributed by atoms with van der Waals surface area (Å²) in [4.78, 5) is 26.2. The predicted octanol–water partition coefficient (Wildman–Crippen LogP) is 2.78. The monoisotopic (exact) mass is 346 g/mol. The molecular weight excluding hydrogens is 316 g/mol. The Balaban J connectivity index is 1.77. The molecule has 0 aliphatic carbocycles. The van der Waals surface area contributed by atoms with Gasteiger partial charge in [0.25, 0.3) is 0 Å². The maximum absolute atomic E-state index is 12.5. The summed E-state index contributed by atoms with van der Waals surface area (Å²) < 4.78 is 5.16. The van der Waals surface area contributed by atoms with E-state index in [0.717, 1.165) is 38.0 Å². The number of rotatable bonds is 7. The van der Waals surface area contributed by atoms with Gasteiger partial charge in [0.15, 0.2) is 0 Å². The first-order valence-electron chi connectivity index (χ1n) is 9.24. The maximum Gasteiger partial charge on any atom is 0.225 e. The number of piperidine rings is 1. The number of amides is 2. The van der Waals surface area contributed by atoms with E-state index in [4.69, 9.17) is 4.74 Å². The topological polar surface area (TPSA) is 58.6 Å². The zero-order valence-corrected chi connectivity index (χ0v) is 15.6. The number of methoxy groups -OCH3 is 1. The van der Waals surface area contributed by atoms with Crippen molar-refractivity contribution in [3.8, 4) is 5.75 Å². The molecule has 1 aliphatic rings. The summed E-state index contributed by atoms with van der Waals surface area (Å²) in [5, 5.41) is 3.12. The number of ether oxygens (including phenoxy) is 1. The second kappa shape index (κ2) is 9.44. The van der Waals surface area contributed by atoms with E-state index in [-0.39, 0.29) is 23.8 Å². The fourth-order valence-electron chi connectivity index (χ4n) is 3.25. The van der Waals surface area contributed by atoms with Crippen LogP contribution in [-0.2, 0) is 16.0 Å². The number of carbonyl (C=O) groups is 2. The van der Waals surface area contributed by atoms with Crippen LogP contribution in [-0.4, -0.2) is 43.0 Å². The van der Waals surface area contributed by atoms with Crippen LogP contribution in [0.2, 0.25) is 0 Å². The van der Waals surface area contributed by atoms with Gasteiger partial charge in [-0.3, -0.25) is 9.59 Å². The van der Waals surface area contributed by atoms with Crippen LogP contribution >= 0.6 is 0 Å². The Morgan fingerprint density at radius 1 is 1.32 bits per heavy atom. The molecule has 2 atom stereocenters. The minimum atomic E-state index is -0.0762. The Bertz CT molecular complexity index is 571. The van der Waals surface area contributed by atoms with Gasteiger partial charge in [0.1, 0.15) is 5.75 Å². The van der Waals surface area contributed by atoms with Gasteiger partial charge < -0.3 is 15.0 Å². The average molecular weight is 346 g/mol. The summed E-state index contributed by atoms with van der Waals surface area (Å²) in [5.74, 6) is 1.00. The van der Waals surface area contributed by atoms with Gasteiger partial charge in [-0.25, -0.2) is 0 Å². The van der Waals surface area contributed by atoms with Gasteiger partial charge >= 0.3 is 0 Å². The van der Waals surface area contributed by atoms with E-state index < -0.39 is 0 Å². The van der Waals surface area contributed by atoms with Crippen molar-refractivity contribution in [1.29, 1.82) is 0 Å². The summed E-state index contributed by atoms with van der Waals surface area (Å²) in [6.45, 7) is 5.25. The highest BCUT2D eigenvalue weighted by molar-refractivity contribution is 5.81. The highest BCUT2D eigenvalue weighted by Gasteiger charge is 2.28. The number of benzene rings is 1. The number of nitrogens with zero attached hydrogens (tertiary/aromatic N) is 1. The van der Waals surface area contributed by atoms with Crippen molar-refractivity contribution < 1.29 is 14.3 Å². The van der Waals surface area contributed by atoms with Gasteiger partial charge in [-0.1, -0.05) is 19.1 Å². The first-order valence-corrected chi connectivity index (χ1v) is 9.24. The average Bonchev–Trinajstić information content (AvgIpc) is 2.66. The number of hydrogen-bond donors (Lipinski definition) is 1. The third kappa shape index (κ3) is 5.76. The second-order valence-electron chi connectivity index (χ2n) is 6.83. The van der Waals surface area contributed by atoms with E-state index >= 15 is 0 Å². The van der Waals surface area contributed by atoms with E-state index in [0.29, 0.717) is 13.0 Å². The van der Waals surface area contributed by atoms with Gasteiger partial charge in [0, 0.05) is 25.6 Å². The lowest BCUT2D eigenvalue weighted by molar-refractivity contribution is -0.135. The van der Waals surface area contributed by atoms with Crippen LogP contribution in [0.25, 0.3) is 0 Å². The zero-order chi connectivity index (χ0) is 18.2. The molecule has 0 spiro atoms. The molecule has 0 bridgehead atoms. The summed E-state index contributed by atoms with van der Waals surface area (Å²) in [7, 11) is 1.66. The number of nitrogens with one attached hydrogen (secondary N) is 1. The second-order valence-corrected chi connectivity index (χ2v) is 6.83. The first kappa shape index (κ1) is 19.3. The molecule has 2 rings (SSSR count). The van der Waals surface area contributed by atoms with E-state index in [1.807, 2.05) is 30.9 Å². The first-order chi connectivity index (χ1) is 12.0. The molecule has 1 heterocycles. The smallest absolute Gasteiger partial charge is 0.225 e. The van der Waals surface area contributed by atoms with E-state index in [9.17, 15) is 9.59 Å². The number of likely N-dealkylation sites (tertiary alicyclic amines) is 1. The van der Waals surface area contributed by atoms with Crippen LogP contribution in [0.3, 0.4) is 0 Å². The molecule has 1 aromatic rings. The molecule has 138 valence electrons. The molecule has 0 aromatic heterocycles. The van der Waals surface area contributed by atoms with Gasteiger partial charge in [-0.05, 0) is 50.3 Å². The minimum Gasteiger partial charge on any atom is -0.497 e. The highest BCUT2D eigenvalue weighted by atomic mass is 16.5.